The average Bonchev–Trinajstić information content (AvgIpc) is 3.02. The predicted octanol–water partition coefficient (Wildman–Crippen LogP) is 4.58. The van der Waals surface area contributed by atoms with Crippen molar-refractivity contribution in [2.75, 3.05) is 0 Å². The molecule has 0 saturated carbocycles. The van der Waals surface area contributed by atoms with Gasteiger partial charge in [0.05, 0.1) is 39.5 Å². The van der Waals surface area contributed by atoms with E-state index in [1.54, 1.807) is 4.57 Å². The third kappa shape index (κ3) is 2.17. The molecule has 0 bridgehead atoms. The summed E-state index contributed by atoms with van der Waals surface area (Å²) in [7, 11) is 0. The van der Waals surface area contributed by atoms with Crippen molar-refractivity contribution in [2.45, 2.75) is 45.3 Å². The number of esters is 1. The van der Waals surface area contributed by atoms with Crippen LogP contribution in [-0.4, -0.2) is 15.5 Å². The maximum atomic E-state index is 13.4. The quantitative estimate of drug-likeness (QED) is 0.597. The molecule has 6 heteroatoms. The van der Waals surface area contributed by atoms with Crippen LogP contribution in [0.2, 0.25) is 5.02 Å². The van der Waals surface area contributed by atoms with E-state index < -0.39 is 5.92 Å². The maximum Gasteiger partial charge on any atom is 0.313 e. The van der Waals surface area contributed by atoms with E-state index in [4.69, 9.17) is 21.3 Å². The fraction of sp³-hybridized carbons (Fsp3) is 0.318. The second-order valence-electron chi connectivity index (χ2n) is 7.34. The summed E-state index contributed by atoms with van der Waals surface area (Å²) in [5.41, 5.74) is 4.40. The molecule has 0 fully saturated rings. The largest absolute Gasteiger partial charge is 0.460 e. The van der Waals surface area contributed by atoms with E-state index >= 15 is 0 Å². The van der Waals surface area contributed by atoms with Gasteiger partial charge in [-0.25, -0.2) is 4.98 Å². The van der Waals surface area contributed by atoms with Crippen molar-refractivity contribution >= 4 is 28.5 Å². The molecule has 4 heterocycles. The van der Waals surface area contributed by atoms with Crippen molar-refractivity contribution in [3.8, 4) is 11.4 Å². The van der Waals surface area contributed by atoms with Crippen LogP contribution < -0.4 is 5.56 Å². The Morgan fingerprint density at radius 1 is 1.21 bits per heavy atom. The zero-order valence-corrected chi connectivity index (χ0v) is 16.4. The Morgan fingerprint density at radius 3 is 2.75 bits per heavy atom. The normalized spacial score (nSPS) is 19.9. The summed E-state index contributed by atoms with van der Waals surface area (Å²) in [6.07, 6.45) is 1.31. The first-order valence-electron chi connectivity index (χ1n) is 9.60. The second-order valence-corrected chi connectivity index (χ2v) is 7.71. The number of carbonyl (C=O) groups is 1. The van der Waals surface area contributed by atoms with Gasteiger partial charge in [-0.2, -0.15) is 0 Å². The number of fused-ring (bicyclic) bond motifs is 5. The number of ether oxygens (including phenoxy) is 1. The van der Waals surface area contributed by atoms with E-state index in [0.29, 0.717) is 17.0 Å². The molecule has 0 radical (unpaired) electrons. The van der Waals surface area contributed by atoms with Gasteiger partial charge >= 0.3 is 5.97 Å². The number of aromatic nitrogens is 2. The molecule has 2 aliphatic heterocycles. The van der Waals surface area contributed by atoms with Crippen molar-refractivity contribution in [2.24, 2.45) is 0 Å². The molecule has 1 aromatic carbocycles. The summed E-state index contributed by atoms with van der Waals surface area (Å²) in [6.45, 7) is 3.99. The molecule has 142 valence electrons. The first-order chi connectivity index (χ1) is 13.6. The van der Waals surface area contributed by atoms with Gasteiger partial charge in [-0.1, -0.05) is 43.6 Å². The van der Waals surface area contributed by atoms with Crippen LogP contribution in [0.3, 0.4) is 0 Å². The molecule has 2 aliphatic rings. The molecule has 5 nitrogen and oxygen atoms in total. The lowest BCUT2D eigenvalue weighted by atomic mass is 9.90. The highest BCUT2D eigenvalue weighted by atomic mass is 35.5. The predicted molar refractivity (Wildman–Crippen MR) is 108 cm³/mol. The van der Waals surface area contributed by atoms with Crippen molar-refractivity contribution in [1.29, 1.82) is 0 Å². The number of benzene rings is 1. The Bertz CT molecular complexity index is 1210. The van der Waals surface area contributed by atoms with Crippen LogP contribution >= 0.6 is 11.6 Å². The van der Waals surface area contributed by atoms with E-state index in [-0.39, 0.29) is 24.2 Å². The zero-order valence-electron chi connectivity index (χ0n) is 15.7. The molecule has 0 N–H and O–H groups in total. The number of halogens is 1. The molecule has 0 amide bonds. The van der Waals surface area contributed by atoms with Gasteiger partial charge in [0.2, 0.25) is 0 Å². The first-order valence-corrected chi connectivity index (χ1v) is 9.98. The molecule has 28 heavy (non-hydrogen) atoms. The number of cyclic esters (lactones) is 1. The molecule has 2 atom stereocenters. The Hall–Kier alpha value is -2.66. The lowest BCUT2D eigenvalue weighted by Crippen LogP contribution is -2.33. The highest BCUT2D eigenvalue weighted by Gasteiger charge is 2.38. The van der Waals surface area contributed by atoms with Gasteiger partial charge in [-0.15, -0.1) is 0 Å². The van der Waals surface area contributed by atoms with Gasteiger partial charge < -0.3 is 4.74 Å². The van der Waals surface area contributed by atoms with Crippen LogP contribution in [0.1, 0.15) is 55.3 Å². The van der Waals surface area contributed by atoms with E-state index in [9.17, 15) is 9.59 Å². The monoisotopic (exact) mass is 394 g/mol. The van der Waals surface area contributed by atoms with E-state index in [1.165, 1.54) is 0 Å². The first kappa shape index (κ1) is 17.4. The Labute approximate surface area is 166 Å². The van der Waals surface area contributed by atoms with E-state index in [2.05, 4.69) is 0 Å². The van der Waals surface area contributed by atoms with Crippen LogP contribution in [0.25, 0.3) is 22.3 Å². The minimum Gasteiger partial charge on any atom is -0.460 e. The highest BCUT2D eigenvalue weighted by Crippen LogP contribution is 2.46. The summed E-state index contributed by atoms with van der Waals surface area (Å²) in [5.74, 6) is -0.684. The number of hydrogen-bond donors (Lipinski definition) is 0. The maximum absolute atomic E-state index is 13.4. The van der Waals surface area contributed by atoms with Gasteiger partial charge in [0, 0.05) is 10.9 Å². The minimum absolute atomic E-state index is 0.0275. The van der Waals surface area contributed by atoms with Crippen molar-refractivity contribution < 1.29 is 9.53 Å². The molecule has 3 aromatic rings. The molecular formula is C22H19ClN2O3. The van der Waals surface area contributed by atoms with Crippen LogP contribution in [0.5, 0.6) is 0 Å². The fourth-order valence-corrected chi connectivity index (χ4v) is 4.96. The van der Waals surface area contributed by atoms with Crippen LogP contribution in [0.15, 0.2) is 35.1 Å². The summed E-state index contributed by atoms with van der Waals surface area (Å²) >= 11 is 6.81. The lowest BCUT2D eigenvalue weighted by Gasteiger charge is -2.25. The van der Waals surface area contributed by atoms with Crippen LogP contribution in [0.4, 0.5) is 0 Å². The highest BCUT2D eigenvalue weighted by molar-refractivity contribution is 6.36. The topological polar surface area (TPSA) is 61.2 Å². The van der Waals surface area contributed by atoms with Gasteiger partial charge in [0.1, 0.15) is 6.61 Å². The lowest BCUT2D eigenvalue weighted by molar-refractivity contribution is -0.148. The number of pyridine rings is 2. The van der Waals surface area contributed by atoms with Crippen molar-refractivity contribution in [1.82, 2.24) is 9.55 Å². The second kappa shape index (κ2) is 6.17. The Balaban J connectivity index is 1.87. The molecule has 5 rings (SSSR count). The van der Waals surface area contributed by atoms with Crippen LogP contribution in [-0.2, 0) is 16.1 Å². The minimum atomic E-state index is -0.414. The molecular weight excluding hydrogens is 376 g/mol. The number of carbonyl (C=O) groups excluding carboxylic acids is 1. The van der Waals surface area contributed by atoms with E-state index in [0.717, 1.165) is 39.8 Å². The third-order valence-corrected chi connectivity index (χ3v) is 6.35. The van der Waals surface area contributed by atoms with E-state index in [1.807, 2.05) is 44.2 Å². The summed E-state index contributed by atoms with van der Waals surface area (Å²) in [5, 5.41) is 1.53. The molecule has 2 aromatic heterocycles. The van der Waals surface area contributed by atoms with Gasteiger partial charge in [0.25, 0.3) is 5.56 Å². The Kier molecular flexibility index (Phi) is 3.85. The number of rotatable bonds is 2. The standard InChI is InChI=1S/C22H19ClN2O3/c1-3-11-13-9-17-20-18(19(23)12-7-5-6-8-15(12)24-20)16(4-2)25(17)21(26)14(13)10-28-22(11)27/h5-9,11,16H,3-4,10H2,1-2H3/t11-,16+/m0/s1. The molecule has 0 unspecified atom stereocenters. The molecule has 0 spiro atoms. The zero-order chi connectivity index (χ0) is 19.6. The SMILES string of the molecule is CC[C@@H]1C(=O)OCc2c1cc1n(c2=O)[C@H](CC)c2c-1nc1ccccc1c2Cl. The third-order valence-electron chi connectivity index (χ3n) is 5.94. The smallest absolute Gasteiger partial charge is 0.313 e. The fourth-order valence-electron chi connectivity index (χ4n) is 4.59. The number of para-hydroxylation sites is 1. The molecule has 0 aliphatic carbocycles. The van der Waals surface area contributed by atoms with Gasteiger partial charge in [-0.05, 0) is 30.5 Å². The summed E-state index contributed by atoms with van der Waals surface area (Å²) in [4.78, 5) is 30.5. The average molecular weight is 395 g/mol. The van der Waals surface area contributed by atoms with Gasteiger partial charge in [-0.3, -0.25) is 14.2 Å². The summed E-state index contributed by atoms with van der Waals surface area (Å²) < 4.78 is 7.07. The van der Waals surface area contributed by atoms with Crippen molar-refractivity contribution in [3.05, 3.63) is 62.4 Å². The number of hydrogen-bond acceptors (Lipinski definition) is 4. The van der Waals surface area contributed by atoms with Crippen LogP contribution in [0, 0.1) is 0 Å². The summed E-state index contributed by atoms with van der Waals surface area (Å²) in [6, 6.07) is 9.52. The van der Waals surface area contributed by atoms with Crippen molar-refractivity contribution in [3.63, 3.8) is 0 Å². The van der Waals surface area contributed by atoms with Gasteiger partial charge in [0.15, 0.2) is 0 Å². The number of nitrogens with zero attached hydrogens (tertiary/aromatic N) is 2. The Morgan fingerprint density at radius 2 is 2.00 bits per heavy atom. The molecule has 0 saturated heterocycles.